The van der Waals surface area contributed by atoms with Gasteiger partial charge in [-0.15, -0.1) is 0 Å². The number of nitrogens with two attached hydrogens (primary N) is 1. The van der Waals surface area contributed by atoms with Crippen molar-refractivity contribution >= 4 is 5.97 Å². The van der Waals surface area contributed by atoms with E-state index in [1.165, 1.54) is 0 Å². The zero-order valence-electron chi connectivity index (χ0n) is 8.63. The van der Waals surface area contributed by atoms with Crippen molar-refractivity contribution in [1.82, 2.24) is 0 Å². The van der Waals surface area contributed by atoms with E-state index >= 15 is 0 Å². The Bertz CT molecular complexity index is 157. The summed E-state index contributed by atoms with van der Waals surface area (Å²) in [7, 11) is 0. The van der Waals surface area contributed by atoms with Crippen molar-refractivity contribution in [2.75, 3.05) is 19.8 Å². The molecule has 0 aromatic rings. The first kappa shape index (κ1) is 12.4. The second-order valence-electron chi connectivity index (χ2n) is 3.19. The Kier molecular flexibility index (Phi) is 5.66. The average Bonchev–Trinajstić information content (AvgIpc) is 2.05. The third-order valence-electron chi connectivity index (χ3n) is 1.49. The molecule has 0 amide bonds. The van der Waals surface area contributed by atoms with E-state index in [1.54, 1.807) is 13.8 Å². The molecule has 0 rings (SSSR count). The van der Waals surface area contributed by atoms with Gasteiger partial charge in [-0.05, 0) is 20.3 Å². The molecule has 0 aliphatic heterocycles. The number of hydrogen-bond acceptors (Lipinski definition) is 4. The summed E-state index contributed by atoms with van der Waals surface area (Å²) in [5, 5.41) is 0. The van der Waals surface area contributed by atoms with Crippen molar-refractivity contribution < 1.29 is 14.3 Å². The van der Waals surface area contributed by atoms with Gasteiger partial charge < -0.3 is 15.2 Å². The monoisotopic (exact) mass is 189 g/mol. The van der Waals surface area contributed by atoms with E-state index in [1.807, 2.05) is 6.92 Å². The number of esters is 1. The molecular weight excluding hydrogens is 170 g/mol. The zero-order chi connectivity index (χ0) is 10.3. The molecule has 0 fully saturated rings. The predicted molar refractivity (Wildman–Crippen MR) is 50.3 cm³/mol. The maximum atomic E-state index is 11.2. The lowest BCUT2D eigenvalue weighted by molar-refractivity contribution is -0.151. The Morgan fingerprint density at radius 2 is 2.08 bits per heavy atom. The predicted octanol–water partition coefficient (Wildman–Crippen LogP) is 0.694. The van der Waals surface area contributed by atoms with Crippen LogP contribution in [0.3, 0.4) is 0 Å². The van der Waals surface area contributed by atoms with Crippen molar-refractivity contribution in [3.05, 3.63) is 0 Å². The second-order valence-corrected chi connectivity index (χ2v) is 3.19. The molecular formula is C9H19NO3. The summed E-state index contributed by atoms with van der Waals surface area (Å²) < 4.78 is 9.98. The van der Waals surface area contributed by atoms with Crippen LogP contribution in [-0.2, 0) is 14.3 Å². The summed E-state index contributed by atoms with van der Waals surface area (Å²) >= 11 is 0. The van der Waals surface area contributed by atoms with Crippen LogP contribution in [0.15, 0.2) is 0 Å². The van der Waals surface area contributed by atoms with Crippen LogP contribution in [0.5, 0.6) is 0 Å². The van der Waals surface area contributed by atoms with Crippen LogP contribution in [0.4, 0.5) is 0 Å². The molecule has 4 heteroatoms. The minimum Gasteiger partial charge on any atom is -0.465 e. The van der Waals surface area contributed by atoms with Crippen molar-refractivity contribution in [2.24, 2.45) is 5.73 Å². The second kappa shape index (κ2) is 5.94. The molecule has 0 saturated heterocycles. The van der Waals surface area contributed by atoms with Gasteiger partial charge in [-0.1, -0.05) is 6.92 Å². The fraction of sp³-hybridized carbons (Fsp3) is 0.889. The van der Waals surface area contributed by atoms with Gasteiger partial charge in [0.25, 0.3) is 0 Å². The molecule has 2 N–H and O–H groups in total. The highest BCUT2D eigenvalue weighted by Crippen LogP contribution is 2.03. The van der Waals surface area contributed by atoms with Gasteiger partial charge in [0.15, 0.2) is 0 Å². The summed E-state index contributed by atoms with van der Waals surface area (Å²) in [6.45, 7) is 6.53. The van der Waals surface area contributed by atoms with Crippen LogP contribution in [0.1, 0.15) is 27.2 Å². The molecule has 0 saturated carbocycles. The van der Waals surface area contributed by atoms with Gasteiger partial charge in [0.05, 0.1) is 13.2 Å². The normalized spacial score (nSPS) is 15.1. The fourth-order valence-electron chi connectivity index (χ4n) is 0.783. The lowest BCUT2D eigenvalue weighted by Gasteiger charge is -2.21. The smallest absolute Gasteiger partial charge is 0.328 e. The van der Waals surface area contributed by atoms with Crippen molar-refractivity contribution in [3.8, 4) is 0 Å². The third-order valence-corrected chi connectivity index (χ3v) is 1.49. The number of carbonyl (C=O) groups excluding carboxylic acids is 1. The van der Waals surface area contributed by atoms with E-state index in [9.17, 15) is 4.79 Å². The molecule has 0 aliphatic rings. The van der Waals surface area contributed by atoms with Crippen LogP contribution >= 0.6 is 0 Å². The molecule has 0 aromatic heterocycles. The molecule has 0 spiro atoms. The van der Waals surface area contributed by atoms with Crippen LogP contribution in [0, 0.1) is 0 Å². The minimum absolute atomic E-state index is 0.208. The zero-order valence-corrected chi connectivity index (χ0v) is 8.63. The lowest BCUT2D eigenvalue weighted by atomic mass is 10.1. The summed E-state index contributed by atoms with van der Waals surface area (Å²) in [5.74, 6) is -0.411. The first-order chi connectivity index (χ1) is 6.04. The number of hydrogen-bond donors (Lipinski definition) is 1. The summed E-state index contributed by atoms with van der Waals surface area (Å²) in [5.41, 5.74) is 4.66. The van der Waals surface area contributed by atoms with E-state index < -0.39 is 11.5 Å². The number of ether oxygens (including phenoxy) is 2. The van der Waals surface area contributed by atoms with Gasteiger partial charge in [0.1, 0.15) is 5.54 Å². The quantitative estimate of drug-likeness (QED) is 0.493. The highest BCUT2D eigenvalue weighted by atomic mass is 16.5. The minimum atomic E-state index is -1.02. The van der Waals surface area contributed by atoms with Crippen molar-refractivity contribution in [1.29, 1.82) is 0 Å². The molecule has 1 unspecified atom stereocenters. The van der Waals surface area contributed by atoms with Gasteiger partial charge in [-0.2, -0.15) is 0 Å². The van der Waals surface area contributed by atoms with E-state index in [-0.39, 0.29) is 6.61 Å². The van der Waals surface area contributed by atoms with E-state index in [2.05, 4.69) is 0 Å². The number of rotatable bonds is 6. The van der Waals surface area contributed by atoms with E-state index in [0.29, 0.717) is 13.2 Å². The van der Waals surface area contributed by atoms with Crippen LogP contribution in [0.2, 0.25) is 0 Å². The Labute approximate surface area is 79.4 Å². The van der Waals surface area contributed by atoms with Crippen LogP contribution in [-0.4, -0.2) is 31.3 Å². The van der Waals surface area contributed by atoms with E-state index in [0.717, 1.165) is 6.42 Å². The molecule has 0 bridgehead atoms. The largest absolute Gasteiger partial charge is 0.465 e. The third kappa shape index (κ3) is 4.85. The SMILES string of the molecule is CCCOCC(C)(N)C(=O)OCC. The fourth-order valence-corrected chi connectivity index (χ4v) is 0.783. The summed E-state index contributed by atoms with van der Waals surface area (Å²) in [6, 6.07) is 0. The Morgan fingerprint density at radius 3 is 2.54 bits per heavy atom. The van der Waals surface area contributed by atoms with E-state index in [4.69, 9.17) is 15.2 Å². The molecule has 0 aromatic carbocycles. The molecule has 0 aliphatic carbocycles. The molecule has 0 radical (unpaired) electrons. The summed E-state index contributed by atoms with van der Waals surface area (Å²) in [4.78, 5) is 11.2. The van der Waals surface area contributed by atoms with Gasteiger partial charge in [-0.3, -0.25) is 0 Å². The Hall–Kier alpha value is -0.610. The van der Waals surface area contributed by atoms with Gasteiger partial charge in [-0.25, -0.2) is 4.79 Å². The van der Waals surface area contributed by atoms with Crippen molar-refractivity contribution in [3.63, 3.8) is 0 Å². The first-order valence-corrected chi connectivity index (χ1v) is 4.58. The van der Waals surface area contributed by atoms with Gasteiger partial charge in [0, 0.05) is 6.61 Å². The lowest BCUT2D eigenvalue weighted by Crippen LogP contribution is -2.50. The van der Waals surface area contributed by atoms with Gasteiger partial charge >= 0.3 is 5.97 Å². The first-order valence-electron chi connectivity index (χ1n) is 4.58. The summed E-state index contributed by atoms with van der Waals surface area (Å²) in [6.07, 6.45) is 0.916. The van der Waals surface area contributed by atoms with Crippen molar-refractivity contribution in [2.45, 2.75) is 32.7 Å². The topological polar surface area (TPSA) is 61.5 Å². The maximum Gasteiger partial charge on any atom is 0.328 e. The highest BCUT2D eigenvalue weighted by molar-refractivity contribution is 5.80. The Balaban J connectivity index is 3.83. The molecule has 1 atom stereocenters. The average molecular weight is 189 g/mol. The molecule has 0 heterocycles. The van der Waals surface area contributed by atoms with Crippen LogP contribution in [0.25, 0.3) is 0 Å². The van der Waals surface area contributed by atoms with Gasteiger partial charge in [0.2, 0.25) is 0 Å². The highest BCUT2D eigenvalue weighted by Gasteiger charge is 2.29. The standard InChI is InChI=1S/C9H19NO3/c1-4-6-12-7-9(3,10)8(11)13-5-2/h4-7,10H2,1-3H3. The molecule has 78 valence electrons. The maximum absolute atomic E-state index is 11.2. The number of carbonyl (C=O) groups is 1. The molecule has 4 nitrogen and oxygen atoms in total. The Morgan fingerprint density at radius 1 is 1.46 bits per heavy atom. The molecule has 13 heavy (non-hydrogen) atoms. The van der Waals surface area contributed by atoms with Crippen LogP contribution < -0.4 is 5.73 Å².